The highest BCUT2D eigenvalue weighted by Gasteiger charge is 2.29. The summed E-state index contributed by atoms with van der Waals surface area (Å²) < 4.78 is 37.8. The third-order valence-corrected chi connectivity index (χ3v) is 6.63. The van der Waals surface area contributed by atoms with E-state index in [9.17, 15) is 13.2 Å². The average molecular weight is 412 g/mol. The van der Waals surface area contributed by atoms with Crippen LogP contribution in [-0.4, -0.2) is 62.2 Å². The Morgan fingerprint density at radius 2 is 2.07 bits per heavy atom. The lowest BCUT2D eigenvalue weighted by Gasteiger charge is -2.26. The topological polar surface area (TPSA) is 111 Å². The number of sulfonamides is 1. The Hall–Kier alpha value is -2.08. The fourth-order valence-corrected chi connectivity index (χ4v) is 4.88. The first-order chi connectivity index (χ1) is 12.9. The quantitative estimate of drug-likeness (QED) is 0.755. The van der Waals surface area contributed by atoms with Crippen LogP contribution >= 0.6 is 11.3 Å². The number of nitrogens with zero attached hydrogens (tertiary/aromatic N) is 3. The molecule has 1 aliphatic heterocycles. The third-order valence-electron chi connectivity index (χ3n) is 3.95. The van der Waals surface area contributed by atoms with Crippen molar-refractivity contribution >= 4 is 32.4 Å². The number of aromatic nitrogens is 2. The van der Waals surface area contributed by atoms with Gasteiger partial charge in [-0.2, -0.15) is 4.31 Å². The van der Waals surface area contributed by atoms with Crippen LogP contribution in [0.5, 0.6) is 5.75 Å². The zero-order valence-corrected chi connectivity index (χ0v) is 16.6. The maximum absolute atomic E-state index is 13.0. The van der Waals surface area contributed by atoms with Gasteiger partial charge in [-0.25, -0.2) is 8.42 Å². The average Bonchev–Trinajstić information content (AvgIpc) is 3.07. The van der Waals surface area contributed by atoms with Gasteiger partial charge in [-0.3, -0.25) is 4.79 Å². The number of nitrogens with one attached hydrogen (secondary N) is 1. The summed E-state index contributed by atoms with van der Waals surface area (Å²) in [6, 6.07) is 4.71. The summed E-state index contributed by atoms with van der Waals surface area (Å²) in [5.74, 6) is -0.0589. The number of benzene rings is 1. The molecule has 9 nitrogen and oxygen atoms in total. The number of anilines is 1. The van der Waals surface area contributed by atoms with Crippen molar-refractivity contribution in [3.8, 4) is 5.75 Å². The van der Waals surface area contributed by atoms with Gasteiger partial charge in [0.1, 0.15) is 15.7 Å². The highest BCUT2D eigenvalue weighted by atomic mass is 32.2. The van der Waals surface area contributed by atoms with E-state index in [0.717, 1.165) is 5.01 Å². The molecule has 2 aromatic rings. The lowest BCUT2D eigenvalue weighted by molar-refractivity contribution is -0.115. The van der Waals surface area contributed by atoms with E-state index < -0.39 is 10.0 Å². The molecule has 0 aliphatic carbocycles. The number of morpholine rings is 1. The first-order valence-corrected chi connectivity index (χ1v) is 10.5. The summed E-state index contributed by atoms with van der Waals surface area (Å²) in [4.78, 5) is 12.3. The summed E-state index contributed by atoms with van der Waals surface area (Å²) in [5.41, 5.74) is 0.557. The molecule has 2 heterocycles. The first-order valence-electron chi connectivity index (χ1n) is 8.25. The number of methoxy groups -OCH3 is 1. The first kappa shape index (κ1) is 19.7. The van der Waals surface area contributed by atoms with E-state index in [2.05, 4.69) is 15.5 Å². The molecule has 1 aromatic carbocycles. The van der Waals surface area contributed by atoms with Crippen molar-refractivity contribution < 1.29 is 22.7 Å². The van der Waals surface area contributed by atoms with Crippen LogP contribution in [0, 0.1) is 6.92 Å². The standard InChI is InChI=1S/C16H20N4O5S2/c1-11-18-19-16(26-11)17-15(21)10-12-3-4-13(24-2)14(9-12)27(22,23)20-5-7-25-8-6-20/h3-4,9H,5-8,10H2,1-2H3,(H,17,19,21). The van der Waals surface area contributed by atoms with Gasteiger partial charge in [-0.15, -0.1) is 10.2 Å². The number of ether oxygens (including phenoxy) is 2. The van der Waals surface area contributed by atoms with Crippen molar-refractivity contribution in [3.05, 3.63) is 28.8 Å². The Morgan fingerprint density at radius 1 is 1.33 bits per heavy atom. The number of amides is 1. The van der Waals surface area contributed by atoms with Crippen molar-refractivity contribution in [1.29, 1.82) is 0 Å². The van der Waals surface area contributed by atoms with Crippen LogP contribution in [0.15, 0.2) is 23.1 Å². The highest BCUT2D eigenvalue weighted by Crippen LogP contribution is 2.28. The van der Waals surface area contributed by atoms with Crippen molar-refractivity contribution in [2.45, 2.75) is 18.2 Å². The molecule has 1 amide bonds. The largest absolute Gasteiger partial charge is 0.495 e. The normalized spacial score (nSPS) is 15.5. The minimum Gasteiger partial charge on any atom is -0.495 e. The van der Waals surface area contributed by atoms with Gasteiger partial charge in [0.25, 0.3) is 0 Å². The summed E-state index contributed by atoms with van der Waals surface area (Å²) in [5, 5.41) is 11.5. The van der Waals surface area contributed by atoms with Gasteiger partial charge in [-0.05, 0) is 24.6 Å². The number of hydrogen-bond acceptors (Lipinski definition) is 8. The number of hydrogen-bond donors (Lipinski definition) is 1. The maximum atomic E-state index is 13.0. The minimum atomic E-state index is -3.74. The lowest BCUT2D eigenvalue weighted by Crippen LogP contribution is -2.40. The molecule has 0 radical (unpaired) electrons. The maximum Gasteiger partial charge on any atom is 0.246 e. The molecule has 0 saturated carbocycles. The summed E-state index contributed by atoms with van der Waals surface area (Å²) in [6.45, 7) is 3.06. The van der Waals surface area contributed by atoms with Crippen LogP contribution in [0.1, 0.15) is 10.6 Å². The van der Waals surface area contributed by atoms with E-state index in [1.165, 1.54) is 28.8 Å². The van der Waals surface area contributed by atoms with Gasteiger partial charge in [-0.1, -0.05) is 17.4 Å². The summed E-state index contributed by atoms with van der Waals surface area (Å²) in [7, 11) is -2.33. The van der Waals surface area contributed by atoms with Gasteiger partial charge in [0, 0.05) is 13.1 Å². The monoisotopic (exact) mass is 412 g/mol. The fourth-order valence-electron chi connectivity index (χ4n) is 2.65. The molecule has 11 heteroatoms. The molecular formula is C16H20N4O5S2. The molecule has 1 aromatic heterocycles. The second-order valence-corrected chi connectivity index (χ2v) is 8.94. The molecule has 0 spiro atoms. The predicted octanol–water partition coefficient (Wildman–Crippen LogP) is 1.06. The van der Waals surface area contributed by atoms with Gasteiger partial charge >= 0.3 is 0 Å². The van der Waals surface area contributed by atoms with Gasteiger partial charge in [0.05, 0.1) is 26.7 Å². The van der Waals surface area contributed by atoms with Gasteiger partial charge in [0.15, 0.2) is 0 Å². The molecule has 1 N–H and O–H groups in total. The molecule has 1 fully saturated rings. The fraction of sp³-hybridized carbons (Fsp3) is 0.438. The van der Waals surface area contributed by atoms with E-state index in [1.807, 2.05) is 0 Å². The Morgan fingerprint density at radius 3 is 2.70 bits per heavy atom. The molecule has 146 valence electrons. The second-order valence-electron chi connectivity index (χ2n) is 5.85. The predicted molar refractivity (Wildman–Crippen MR) is 99.6 cm³/mol. The molecule has 0 unspecified atom stereocenters. The second kappa shape index (κ2) is 8.30. The van der Waals surface area contributed by atoms with Crippen molar-refractivity contribution in [3.63, 3.8) is 0 Å². The van der Waals surface area contributed by atoms with Crippen LogP contribution in [0.3, 0.4) is 0 Å². The molecule has 0 atom stereocenters. The van der Waals surface area contributed by atoms with Crippen LogP contribution in [0.4, 0.5) is 5.13 Å². The minimum absolute atomic E-state index is 0.00819. The van der Waals surface area contributed by atoms with Crippen molar-refractivity contribution in [1.82, 2.24) is 14.5 Å². The molecule has 1 aliphatic rings. The number of carbonyl (C=O) groups excluding carboxylic acids is 1. The zero-order chi connectivity index (χ0) is 19.4. The molecule has 1 saturated heterocycles. The van der Waals surface area contributed by atoms with E-state index >= 15 is 0 Å². The van der Waals surface area contributed by atoms with Crippen molar-refractivity contribution in [2.24, 2.45) is 0 Å². The van der Waals surface area contributed by atoms with Crippen LogP contribution in [0.2, 0.25) is 0 Å². The van der Waals surface area contributed by atoms with Crippen LogP contribution in [0.25, 0.3) is 0 Å². The SMILES string of the molecule is COc1ccc(CC(=O)Nc2nnc(C)s2)cc1S(=O)(=O)N1CCOCC1. The molecule has 0 bridgehead atoms. The Labute approximate surface area is 161 Å². The molecule has 27 heavy (non-hydrogen) atoms. The number of aryl methyl sites for hydroxylation is 1. The van der Waals surface area contributed by atoms with Gasteiger partial charge in [0.2, 0.25) is 21.1 Å². The summed E-state index contributed by atoms with van der Waals surface area (Å²) in [6.07, 6.45) is 0.00819. The number of rotatable bonds is 6. The third kappa shape index (κ3) is 4.61. The van der Waals surface area contributed by atoms with Crippen LogP contribution in [-0.2, 0) is 26.0 Å². The molecular weight excluding hydrogens is 392 g/mol. The van der Waals surface area contributed by atoms with Crippen molar-refractivity contribution in [2.75, 3.05) is 38.7 Å². The Bertz CT molecular complexity index is 923. The van der Waals surface area contributed by atoms with Crippen LogP contribution < -0.4 is 10.1 Å². The smallest absolute Gasteiger partial charge is 0.246 e. The van der Waals surface area contributed by atoms with E-state index in [1.54, 1.807) is 19.1 Å². The Balaban J connectivity index is 1.81. The summed E-state index contributed by atoms with van der Waals surface area (Å²) >= 11 is 1.27. The van der Waals surface area contributed by atoms with E-state index in [-0.39, 0.29) is 36.1 Å². The lowest BCUT2D eigenvalue weighted by atomic mass is 10.1. The molecule has 3 rings (SSSR count). The zero-order valence-electron chi connectivity index (χ0n) is 15.0. The number of carbonyl (C=O) groups is 1. The van der Waals surface area contributed by atoms with Gasteiger partial charge < -0.3 is 14.8 Å². The Kier molecular flexibility index (Phi) is 6.05. The highest BCUT2D eigenvalue weighted by molar-refractivity contribution is 7.89. The van der Waals surface area contributed by atoms with E-state index in [4.69, 9.17) is 9.47 Å². The van der Waals surface area contributed by atoms with E-state index in [0.29, 0.717) is 23.9 Å².